The molecule has 0 unspecified atom stereocenters. The van der Waals surface area contributed by atoms with Crippen molar-refractivity contribution in [3.8, 4) is 0 Å². The van der Waals surface area contributed by atoms with Gasteiger partial charge in [0.05, 0.1) is 5.54 Å². The van der Waals surface area contributed by atoms with Crippen molar-refractivity contribution in [1.29, 1.82) is 0 Å². The second-order valence-corrected chi connectivity index (χ2v) is 7.71. The lowest BCUT2D eigenvalue weighted by molar-refractivity contribution is -0.124. The van der Waals surface area contributed by atoms with Crippen LogP contribution in [0.4, 0.5) is 0 Å². The molecule has 3 rings (SSSR count). The third kappa shape index (κ3) is 3.33. The van der Waals surface area contributed by atoms with Crippen molar-refractivity contribution >= 4 is 11.8 Å². The second kappa shape index (κ2) is 6.96. The van der Waals surface area contributed by atoms with Gasteiger partial charge in [-0.05, 0) is 30.4 Å². The van der Waals surface area contributed by atoms with Crippen LogP contribution in [0.3, 0.4) is 0 Å². The highest BCUT2D eigenvalue weighted by Gasteiger charge is 2.45. The van der Waals surface area contributed by atoms with Gasteiger partial charge < -0.3 is 10.2 Å². The Morgan fingerprint density at radius 1 is 1.21 bits per heavy atom. The summed E-state index contributed by atoms with van der Waals surface area (Å²) < 4.78 is 0. The number of benzene rings is 1. The average molecular weight is 328 g/mol. The van der Waals surface area contributed by atoms with E-state index >= 15 is 0 Å². The first-order valence-corrected chi connectivity index (χ1v) is 9.18. The number of carbonyl (C=O) groups is 2. The van der Waals surface area contributed by atoms with E-state index in [1.54, 1.807) is 0 Å². The van der Waals surface area contributed by atoms with Gasteiger partial charge in [-0.3, -0.25) is 9.59 Å². The summed E-state index contributed by atoms with van der Waals surface area (Å²) in [5.41, 5.74) is 1.59. The molecule has 130 valence electrons. The van der Waals surface area contributed by atoms with Crippen molar-refractivity contribution in [2.45, 2.75) is 64.5 Å². The molecule has 1 fully saturated rings. The van der Waals surface area contributed by atoms with E-state index in [9.17, 15) is 9.59 Å². The predicted octanol–water partition coefficient (Wildman–Crippen LogP) is 3.51. The smallest absolute Gasteiger partial charge is 0.254 e. The Labute approximate surface area is 144 Å². The first-order valence-electron chi connectivity index (χ1n) is 9.18. The van der Waals surface area contributed by atoms with E-state index in [4.69, 9.17) is 0 Å². The van der Waals surface area contributed by atoms with Gasteiger partial charge in [0.15, 0.2) is 0 Å². The van der Waals surface area contributed by atoms with E-state index in [0.29, 0.717) is 25.4 Å². The van der Waals surface area contributed by atoms with Crippen molar-refractivity contribution in [3.63, 3.8) is 0 Å². The van der Waals surface area contributed by atoms with Gasteiger partial charge in [0, 0.05) is 25.1 Å². The van der Waals surface area contributed by atoms with Crippen molar-refractivity contribution in [3.05, 3.63) is 35.4 Å². The van der Waals surface area contributed by atoms with E-state index in [0.717, 1.165) is 36.8 Å². The molecule has 1 aliphatic heterocycles. The van der Waals surface area contributed by atoms with Gasteiger partial charge in [0.25, 0.3) is 5.91 Å². The normalized spacial score (nSPS) is 19.5. The van der Waals surface area contributed by atoms with Crippen molar-refractivity contribution in [2.24, 2.45) is 5.92 Å². The maximum Gasteiger partial charge on any atom is 0.254 e. The molecule has 1 heterocycles. The van der Waals surface area contributed by atoms with Gasteiger partial charge in [0.2, 0.25) is 5.91 Å². The summed E-state index contributed by atoms with van der Waals surface area (Å²) in [6, 6.07) is 7.84. The van der Waals surface area contributed by atoms with Gasteiger partial charge in [-0.15, -0.1) is 0 Å². The summed E-state index contributed by atoms with van der Waals surface area (Å²) >= 11 is 0. The van der Waals surface area contributed by atoms with Gasteiger partial charge in [-0.25, -0.2) is 0 Å². The van der Waals surface area contributed by atoms with Crippen LogP contribution in [0.25, 0.3) is 0 Å². The fourth-order valence-corrected chi connectivity index (χ4v) is 4.07. The van der Waals surface area contributed by atoms with Crippen LogP contribution in [0.1, 0.15) is 68.3 Å². The molecule has 0 aromatic heterocycles. The lowest BCUT2D eigenvalue weighted by Crippen LogP contribution is -2.53. The minimum absolute atomic E-state index is 0.0781. The summed E-state index contributed by atoms with van der Waals surface area (Å²) in [5.74, 6) is 0.618. The molecule has 0 bridgehead atoms. The van der Waals surface area contributed by atoms with Crippen LogP contribution in [0, 0.1) is 5.92 Å². The van der Waals surface area contributed by atoms with Crippen LogP contribution < -0.4 is 5.32 Å². The van der Waals surface area contributed by atoms with E-state index in [-0.39, 0.29) is 17.4 Å². The van der Waals surface area contributed by atoms with E-state index < -0.39 is 0 Å². The van der Waals surface area contributed by atoms with Crippen LogP contribution in [0.15, 0.2) is 24.3 Å². The van der Waals surface area contributed by atoms with Crippen molar-refractivity contribution in [1.82, 2.24) is 10.2 Å². The zero-order valence-corrected chi connectivity index (χ0v) is 14.8. The zero-order chi connectivity index (χ0) is 17.2. The molecule has 1 N–H and O–H groups in total. The number of nitrogens with zero attached hydrogens (tertiary/aromatic N) is 1. The zero-order valence-electron chi connectivity index (χ0n) is 14.8. The standard InChI is InChI=1S/C20H28N2O2/c1-15(2)13-21-18(23)12-20(10-6-3-7-11-20)22-14-16-8-4-5-9-17(16)19(22)24/h4-5,8-9,15H,3,6-7,10-14H2,1-2H3,(H,21,23). The molecule has 24 heavy (non-hydrogen) atoms. The van der Waals surface area contributed by atoms with Gasteiger partial charge in [0.1, 0.15) is 0 Å². The summed E-state index contributed by atoms with van der Waals surface area (Å²) in [4.78, 5) is 27.4. The molecule has 2 aliphatic rings. The number of hydrogen-bond donors (Lipinski definition) is 1. The topological polar surface area (TPSA) is 49.4 Å². The molecule has 4 heteroatoms. The summed E-state index contributed by atoms with van der Waals surface area (Å²) in [6.45, 7) is 5.53. The highest BCUT2D eigenvalue weighted by atomic mass is 16.2. The third-order valence-electron chi connectivity index (χ3n) is 5.38. The lowest BCUT2D eigenvalue weighted by Gasteiger charge is -2.44. The van der Waals surface area contributed by atoms with Crippen LogP contribution in [-0.2, 0) is 11.3 Å². The van der Waals surface area contributed by atoms with Crippen LogP contribution in [0.2, 0.25) is 0 Å². The van der Waals surface area contributed by atoms with Crippen LogP contribution >= 0.6 is 0 Å². The molecular formula is C20H28N2O2. The maximum atomic E-state index is 12.9. The minimum atomic E-state index is -0.310. The SMILES string of the molecule is CC(C)CNC(=O)CC1(N2Cc3ccccc3C2=O)CCCCC1. The number of carbonyl (C=O) groups excluding carboxylic acids is 2. The second-order valence-electron chi connectivity index (χ2n) is 7.71. The highest BCUT2D eigenvalue weighted by molar-refractivity contribution is 5.99. The molecule has 1 saturated carbocycles. The number of rotatable bonds is 5. The van der Waals surface area contributed by atoms with Crippen molar-refractivity contribution in [2.75, 3.05) is 6.54 Å². The number of hydrogen-bond acceptors (Lipinski definition) is 2. The Kier molecular flexibility index (Phi) is 4.93. The predicted molar refractivity (Wildman–Crippen MR) is 94.6 cm³/mol. The minimum Gasteiger partial charge on any atom is -0.356 e. The lowest BCUT2D eigenvalue weighted by atomic mass is 9.77. The van der Waals surface area contributed by atoms with Crippen LogP contribution in [0.5, 0.6) is 0 Å². The van der Waals surface area contributed by atoms with E-state index in [2.05, 4.69) is 19.2 Å². The maximum absolute atomic E-state index is 12.9. The highest BCUT2D eigenvalue weighted by Crippen LogP contribution is 2.41. The Balaban J connectivity index is 1.80. The summed E-state index contributed by atoms with van der Waals surface area (Å²) in [5, 5.41) is 3.04. The molecule has 1 aromatic carbocycles. The Hall–Kier alpha value is -1.84. The van der Waals surface area contributed by atoms with Crippen LogP contribution in [-0.4, -0.2) is 28.8 Å². The Morgan fingerprint density at radius 2 is 1.92 bits per heavy atom. The summed E-state index contributed by atoms with van der Waals surface area (Å²) in [6.07, 6.45) is 5.68. The molecule has 0 radical (unpaired) electrons. The van der Waals surface area contributed by atoms with Gasteiger partial charge in [-0.1, -0.05) is 51.3 Å². The van der Waals surface area contributed by atoms with Gasteiger partial charge >= 0.3 is 0 Å². The molecule has 4 nitrogen and oxygen atoms in total. The number of nitrogens with one attached hydrogen (secondary N) is 1. The fraction of sp³-hybridized carbons (Fsp3) is 0.600. The van der Waals surface area contributed by atoms with E-state index in [1.807, 2.05) is 29.2 Å². The molecule has 1 aliphatic carbocycles. The van der Waals surface area contributed by atoms with Gasteiger partial charge in [-0.2, -0.15) is 0 Å². The molecule has 0 atom stereocenters. The molecular weight excluding hydrogens is 300 g/mol. The quantitative estimate of drug-likeness (QED) is 0.899. The van der Waals surface area contributed by atoms with Crippen molar-refractivity contribution < 1.29 is 9.59 Å². The first kappa shape index (κ1) is 17.0. The van der Waals surface area contributed by atoms with E-state index in [1.165, 1.54) is 6.42 Å². The molecule has 1 aromatic rings. The molecule has 2 amide bonds. The number of amides is 2. The molecule has 0 spiro atoms. The third-order valence-corrected chi connectivity index (χ3v) is 5.38. The monoisotopic (exact) mass is 328 g/mol. The Bertz CT molecular complexity index is 618. The molecule has 0 saturated heterocycles. The average Bonchev–Trinajstić information content (AvgIpc) is 2.92. The first-order chi connectivity index (χ1) is 11.5. The summed E-state index contributed by atoms with van der Waals surface area (Å²) in [7, 11) is 0. The number of fused-ring (bicyclic) bond motifs is 1. The Morgan fingerprint density at radius 3 is 2.58 bits per heavy atom. The fourth-order valence-electron chi connectivity index (χ4n) is 4.07. The largest absolute Gasteiger partial charge is 0.356 e.